The van der Waals surface area contributed by atoms with E-state index >= 15 is 0 Å². The number of aryl methyl sites for hydroxylation is 1. The Morgan fingerprint density at radius 1 is 0.923 bits per heavy atom. The van der Waals surface area contributed by atoms with Gasteiger partial charge in [0.05, 0.1) is 22.1 Å². The van der Waals surface area contributed by atoms with Crippen molar-refractivity contribution >= 4 is 34.3 Å². The standard InChI is InChI=1S/C22H18N2OS/c1-15-7-9-16(10-8-15)20-14-22(26)24-19-12-11-18(13-21(19)23-20)25-17-5-3-2-4-6-17/h2-13H,14H2,1H3,(H,24,26). The third kappa shape index (κ3) is 3.65. The number of fused-ring (bicyclic) bond motifs is 1. The summed E-state index contributed by atoms with van der Waals surface area (Å²) in [6.45, 7) is 2.08. The number of aliphatic imine (C=N–C) groups is 1. The molecule has 0 amide bonds. The van der Waals surface area contributed by atoms with Gasteiger partial charge in [0.2, 0.25) is 0 Å². The van der Waals surface area contributed by atoms with Crippen molar-refractivity contribution in [3.63, 3.8) is 0 Å². The van der Waals surface area contributed by atoms with E-state index in [2.05, 4.69) is 36.5 Å². The number of thiocarbonyl (C=S) groups is 1. The van der Waals surface area contributed by atoms with E-state index in [1.807, 2.05) is 48.5 Å². The number of benzene rings is 3. The van der Waals surface area contributed by atoms with Crippen LogP contribution in [0.25, 0.3) is 0 Å². The van der Waals surface area contributed by atoms with Crippen LogP contribution >= 0.6 is 12.2 Å². The minimum atomic E-state index is 0.613. The maximum atomic E-state index is 5.94. The molecule has 0 fully saturated rings. The highest BCUT2D eigenvalue weighted by Crippen LogP contribution is 2.34. The lowest BCUT2D eigenvalue weighted by Gasteiger charge is -2.09. The quantitative estimate of drug-likeness (QED) is 0.579. The molecule has 3 nitrogen and oxygen atoms in total. The van der Waals surface area contributed by atoms with E-state index < -0.39 is 0 Å². The SMILES string of the molecule is Cc1ccc(C2=Nc3cc(Oc4ccccc4)ccc3NC(=S)C2)cc1. The third-order valence-corrected chi connectivity index (χ3v) is 4.44. The van der Waals surface area contributed by atoms with Gasteiger partial charge in [-0.15, -0.1) is 0 Å². The van der Waals surface area contributed by atoms with Gasteiger partial charge in [0.1, 0.15) is 11.5 Å². The third-order valence-electron chi connectivity index (χ3n) is 4.19. The highest BCUT2D eigenvalue weighted by atomic mass is 32.1. The van der Waals surface area contributed by atoms with Crippen molar-refractivity contribution in [3.8, 4) is 11.5 Å². The summed E-state index contributed by atoms with van der Waals surface area (Å²) in [6.07, 6.45) is 0.613. The zero-order valence-electron chi connectivity index (χ0n) is 14.4. The summed E-state index contributed by atoms with van der Waals surface area (Å²) in [5.41, 5.74) is 4.99. The van der Waals surface area contributed by atoms with Gasteiger partial charge < -0.3 is 10.1 Å². The summed E-state index contributed by atoms with van der Waals surface area (Å²) < 4.78 is 5.94. The lowest BCUT2D eigenvalue weighted by atomic mass is 10.1. The molecule has 4 heteroatoms. The second-order valence-corrected chi connectivity index (χ2v) is 6.74. The van der Waals surface area contributed by atoms with Gasteiger partial charge in [0.15, 0.2) is 0 Å². The molecule has 3 aromatic rings. The van der Waals surface area contributed by atoms with Crippen LogP contribution in [0.5, 0.6) is 11.5 Å². The minimum absolute atomic E-state index is 0.613. The van der Waals surface area contributed by atoms with Crippen LogP contribution < -0.4 is 10.1 Å². The molecule has 0 saturated heterocycles. The van der Waals surface area contributed by atoms with Crippen molar-refractivity contribution in [2.75, 3.05) is 5.32 Å². The molecule has 0 radical (unpaired) electrons. The van der Waals surface area contributed by atoms with Crippen molar-refractivity contribution in [1.29, 1.82) is 0 Å². The van der Waals surface area contributed by atoms with Crippen molar-refractivity contribution < 1.29 is 4.74 Å². The molecule has 0 aliphatic carbocycles. The largest absolute Gasteiger partial charge is 0.457 e. The average molecular weight is 358 g/mol. The van der Waals surface area contributed by atoms with Crippen LogP contribution in [0, 0.1) is 6.92 Å². The van der Waals surface area contributed by atoms with Gasteiger partial charge in [0.25, 0.3) is 0 Å². The van der Waals surface area contributed by atoms with E-state index in [0.29, 0.717) is 6.42 Å². The normalized spacial score (nSPS) is 13.3. The summed E-state index contributed by atoms with van der Waals surface area (Å²) in [6, 6.07) is 23.9. The first kappa shape index (κ1) is 16.5. The number of anilines is 1. The summed E-state index contributed by atoms with van der Waals surface area (Å²) >= 11 is 5.49. The van der Waals surface area contributed by atoms with Crippen LogP contribution in [0.4, 0.5) is 11.4 Å². The first-order valence-electron chi connectivity index (χ1n) is 8.49. The first-order valence-corrected chi connectivity index (χ1v) is 8.90. The predicted octanol–water partition coefficient (Wildman–Crippen LogP) is 6.05. The van der Waals surface area contributed by atoms with Gasteiger partial charge in [-0.3, -0.25) is 4.99 Å². The fourth-order valence-corrected chi connectivity index (χ4v) is 3.09. The Balaban J connectivity index is 1.71. The smallest absolute Gasteiger partial charge is 0.129 e. The second-order valence-electron chi connectivity index (χ2n) is 6.24. The maximum Gasteiger partial charge on any atom is 0.129 e. The molecule has 0 aromatic heterocycles. The summed E-state index contributed by atoms with van der Waals surface area (Å²) in [4.78, 5) is 5.64. The molecule has 1 N–H and O–H groups in total. The molecular weight excluding hydrogens is 340 g/mol. The number of nitrogens with one attached hydrogen (secondary N) is 1. The van der Waals surface area contributed by atoms with E-state index in [0.717, 1.165) is 39.1 Å². The lowest BCUT2D eigenvalue weighted by molar-refractivity contribution is 0.483. The van der Waals surface area contributed by atoms with Crippen molar-refractivity contribution in [3.05, 3.63) is 83.9 Å². The number of hydrogen-bond donors (Lipinski definition) is 1. The van der Waals surface area contributed by atoms with Gasteiger partial charge in [-0.2, -0.15) is 0 Å². The second kappa shape index (κ2) is 7.10. The number of hydrogen-bond acceptors (Lipinski definition) is 3. The van der Waals surface area contributed by atoms with Gasteiger partial charge in [0, 0.05) is 12.5 Å². The highest BCUT2D eigenvalue weighted by Gasteiger charge is 2.15. The lowest BCUT2D eigenvalue weighted by Crippen LogP contribution is -2.12. The highest BCUT2D eigenvalue weighted by molar-refractivity contribution is 7.80. The molecule has 0 spiro atoms. The monoisotopic (exact) mass is 358 g/mol. The number of rotatable bonds is 3. The molecule has 0 unspecified atom stereocenters. The molecule has 0 bridgehead atoms. The zero-order valence-corrected chi connectivity index (χ0v) is 15.2. The van der Waals surface area contributed by atoms with E-state index in [1.165, 1.54) is 5.56 Å². The number of para-hydroxylation sites is 1. The van der Waals surface area contributed by atoms with E-state index in [-0.39, 0.29) is 0 Å². The van der Waals surface area contributed by atoms with Crippen LogP contribution in [0.2, 0.25) is 0 Å². The molecule has 0 atom stereocenters. The Hall–Kier alpha value is -2.98. The molecule has 3 aromatic carbocycles. The van der Waals surface area contributed by atoms with Gasteiger partial charge in [-0.05, 0) is 36.8 Å². The molecule has 0 saturated carbocycles. The molecule has 1 heterocycles. The number of nitrogens with zero attached hydrogens (tertiary/aromatic N) is 1. The van der Waals surface area contributed by atoms with E-state index in [1.54, 1.807) is 0 Å². The van der Waals surface area contributed by atoms with Crippen LogP contribution in [0.3, 0.4) is 0 Å². The topological polar surface area (TPSA) is 33.6 Å². The minimum Gasteiger partial charge on any atom is -0.457 e. The van der Waals surface area contributed by atoms with E-state index in [4.69, 9.17) is 21.9 Å². The molecule has 1 aliphatic rings. The van der Waals surface area contributed by atoms with Crippen molar-refractivity contribution in [1.82, 2.24) is 0 Å². The first-order chi connectivity index (χ1) is 12.7. The Morgan fingerprint density at radius 3 is 2.46 bits per heavy atom. The van der Waals surface area contributed by atoms with Crippen LogP contribution in [-0.2, 0) is 0 Å². The zero-order chi connectivity index (χ0) is 17.9. The van der Waals surface area contributed by atoms with Crippen LogP contribution in [-0.4, -0.2) is 10.7 Å². The fourth-order valence-electron chi connectivity index (χ4n) is 2.84. The molecule has 4 rings (SSSR count). The van der Waals surface area contributed by atoms with Gasteiger partial charge >= 0.3 is 0 Å². The Kier molecular flexibility index (Phi) is 4.50. The Morgan fingerprint density at radius 2 is 1.69 bits per heavy atom. The predicted molar refractivity (Wildman–Crippen MR) is 111 cm³/mol. The fraction of sp³-hybridized carbons (Fsp3) is 0.0909. The Labute approximate surface area is 158 Å². The maximum absolute atomic E-state index is 5.94. The van der Waals surface area contributed by atoms with Gasteiger partial charge in [-0.25, -0.2) is 0 Å². The summed E-state index contributed by atoms with van der Waals surface area (Å²) in [5, 5.41) is 3.29. The molecule has 128 valence electrons. The van der Waals surface area contributed by atoms with Crippen molar-refractivity contribution in [2.24, 2.45) is 4.99 Å². The van der Waals surface area contributed by atoms with Crippen molar-refractivity contribution in [2.45, 2.75) is 13.3 Å². The van der Waals surface area contributed by atoms with Crippen LogP contribution in [0.15, 0.2) is 77.8 Å². The number of ether oxygens (including phenoxy) is 1. The molecular formula is C22H18N2OS. The average Bonchev–Trinajstić information content (AvgIpc) is 2.81. The van der Waals surface area contributed by atoms with E-state index in [9.17, 15) is 0 Å². The summed E-state index contributed by atoms with van der Waals surface area (Å²) in [5.74, 6) is 1.55. The van der Waals surface area contributed by atoms with Crippen LogP contribution in [0.1, 0.15) is 17.5 Å². The molecule has 26 heavy (non-hydrogen) atoms. The van der Waals surface area contributed by atoms with Gasteiger partial charge in [-0.1, -0.05) is 60.2 Å². The summed E-state index contributed by atoms with van der Waals surface area (Å²) in [7, 11) is 0. The molecule has 1 aliphatic heterocycles. The Bertz CT molecular complexity index is 979.